The second-order valence-electron chi connectivity index (χ2n) is 4.85. The molecule has 0 aliphatic heterocycles. The van der Waals surface area contributed by atoms with Gasteiger partial charge in [0.15, 0.2) is 0 Å². The maximum Gasteiger partial charge on any atom is 0.0334 e. The van der Waals surface area contributed by atoms with Crippen molar-refractivity contribution in [3.8, 4) is 0 Å². The van der Waals surface area contributed by atoms with Gasteiger partial charge in [0.2, 0.25) is 0 Å². The Morgan fingerprint density at radius 3 is 2.19 bits per heavy atom. The Labute approximate surface area is 99.2 Å². The van der Waals surface area contributed by atoms with Crippen LogP contribution in [0.25, 0.3) is 0 Å². The molecule has 0 saturated carbocycles. The van der Waals surface area contributed by atoms with E-state index in [0.29, 0.717) is 6.04 Å². The fourth-order valence-electron chi connectivity index (χ4n) is 2.13. The van der Waals surface area contributed by atoms with Crippen LogP contribution < -0.4 is 11.1 Å². The molecule has 1 rings (SSSR count). The first-order chi connectivity index (χ1) is 7.45. The summed E-state index contributed by atoms with van der Waals surface area (Å²) in [6.07, 6.45) is 0.972. The highest BCUT2D eigenvalue weighted by atomic mass is 14.9. The van der Waals surface area contributed by atoms with Gasteiger partial charge in [-0.2, -0.15) is 0 Å². The Bertz CT molecular complexity index is 356. The van der Waals surface area contributed by atoms with Crippen LogP contribution in [0.15, 0.2) is 12.1 Å². The number of aryl methyl sites for hydroxylation is 3. The Morgan fingerprint density at radius 1 is 1.12 bits per heavy atom. The second kappa shape index (κ2) is 5.46. The first-order valence-corrected chi connectivity index (χ1v) is 5.96. The van der Waals surface area contributed by atoms with E-state index in [4.69, 9.17) is 5.73 Å². The Balaban J connectivity index is 3.05. The summed E-state index contributed by atoms with van der Waals surface area (Å²) in [6, 6.07) is 5.13. The third-order valence-corrected chi connectivity index (χ3v) is 3.21. The molecule has 1 aromatic carbocycles. The van der Waals surface area contributed by atoms with Crippen LogP contribution in [0.2, 0.25) is 0 Å². The maximum atomic E-state index is 5.88. The fraction of sp³-hybridized carbons (Fsp3) is 0.571. The molecule has 0 saturated heterocycles. The second-order valence-corrected chi connectivity index (χ2v) is 4.85. The van der Waals surface area contributed by atoms with Gasteiger partial charge in [0.25, 0.3) is 0 Å². The van der Waals surface area contributed by atoms with E-state index in [1.165, 1.54) is 22.3 Å². The number of rotatable bonds is 4. The third-order valence-electron chi connectivity index (χ3n) is 3.21. The molecule has 0 fully saturated rings. The molecule has 1 aromatic rings. The topological polar surface area (TPSA) is 38.0 Å². The van der Waals surface area contributed by atoms with Gasteiger partial charge in [0.05, 0.1) is 0 Å². The van der Waals surface area contributed by atoms with Gasteiger partial charge in [0.1, 0.15) is 0 Å². The number of benzene rings is 1. The smallest absolute Gasteiger partial charge is 0.0334 e. The number of hydrogen-bond acceptors (Lipinski definition) is 2. The Kier molecular flexibility index (Phi) is 4.51. The summed E-state index contributed by atoms with van der Waals surface area (Å²) in [4.78, 5) is 0. The summed E-state index contributed by atoms with van der Waals surface area (Å²) in [7, 11) is 2.00. The van der Waals surface area contributed by atoms with Gasteiger partial charge >= 0.3 is 0 Å². The van der Waals surface area contributed by atoms with Gasteiger partial charge in [0, 0.05) is 12.1 Å². The van der Waals surface area contributed by atoms with E-state index in [9.17, 15) is 0 Å². The van der Waals surface area contributed by atoms with Crippen molar-refractivity contribution in [1.82, 2.24) is 5.32 Å². The van der Waals surface area contributed by atoms with Crippen molar-refractivity contribution in [2.45, 2.75) is 46.2 Å². The summed E-state index contributed by atoms with van der Waals surface area (Å²) < 4.78 is 0. The molecular formula is C14H24N2. The molecule has 2 atom stereocenters. The fourth-order valence-corrected chi connectivity index (χ4v) is 2.13. The first-order valence-electron chi connectivity index (χ1n) is 5.96. The minimum absolute atomic E-state index is 0.221. The molecule has 16 heavy (non-hydrogen) atoms. The van der Waals surface area contributed by atoms with Crippen molar-refractivity contribution in [2.75, 3.05) is 7.05 Å². The van der Waals surface area contributed by atoms with Gasteiger partial charge < -0.3 is 11.1 Å². The number of hydrogen-bond donors (Lipinski definition) is 2. The van der Waals surface area contributed by atoms with Crippen molar-refractivity contribution in [3.63, 3.8) is 0 Å². The number of nitrogens with two attached hydrogens (primary N) is 1. The van der Waals surface area contributed by atoms with Crippen LogP contribution in [0, 0.1) is 20.8 Å². The summed E-state index contributed by atoms with van der Waals surface area (Å²) in [5, 5.41) is 3.36. The quantitative estimate of drug-likeness (QED) is 0.818. The largest absolute Gasteiger partial charge is 0.328 e. The lowest BCUT2D eigenvalue weighted by Gasteiger charge is -2.22. The Morgan fingerprint density at radius 2 is 1.69 bits per heavy atom. The van der Waals surface area contributed by atoms with Gasteiger partial charge in [-0.3, -0.25) is 0 Å². The highest BCUT2D eigenvalue weighted by Crippen LogP contribution is 2.24. The third kappa shape index (κ3) is 3.06. The molecule has 0 aliphatic carbocycles. The van der Waals surface area contributed by atoms with Crippen molar-refractivity contribution in [3.05, 3.63) is 34.4 Å². The van der Waals surface area contributed by atoms with E-state index in [2.05, 4.69) is 45.1 Å². The van der Waals surface area contributed by atoms with Crippen LogP contribution in [0.3, 0.4) is 0 Å². The molecule has 0 radical (unpaired) electrons. The van der Waals surface area contributed by atoms with Crippen molar-refractivity contribution in [1.29, 1.82) is 0 Å². The van der Waals surface area contributed by atoms with E-state index in [1.54, 1.807) is 0 Å². The predicted molar refractivity (Wildman–Crippen MR) is 70.7 cm³/mol. The number of nitrogens with one attached hydrogen (secondary N) is 1. The highest BCUT2D eigenvalue weighted by molar-refractivity contribution is 5.38. The van der Waals surface area contributed by atoms with E-state index in [-0.39, 0.29) is 6.04 Å². The first kappa shape index (κ1) is 13.2. The molecular weight excluding hydrogens is 196 g/mol. The van der Waals surface area contributed by atoms with Crippen LogP contribution >= 0.6 is 0 Å². The molecule has 0 heterocycles. The summed E-state index contributed by atoms with van der Waals surface area (Å²) in [6.45, 7) is 8.55. The maximum absolute atomic E-state index is 5.88. The lowest BCUT2D eigenvalue weighted by atomic mass is 9.93. The Hall–Kier alpha value is -0.860. The minimum Gasteiger partial charge on any atom is -0.328 e. The van der Waals surface area contributed by atoms with Gasteiger partial charge in [-0.25, -0.2) is 0 Å². The zero-order valence-electron chi connectivity index (χ0n) is 11.1. The molecule has 0 aliphatic rings. The normalized spacial score (nSPS) is 14.9. The summed E-state index contributed by atoms with van der Waals surface area (Å²) in [5.41, 5.74) is 11.3. The van der Waals surface area contributed by atoms with E-state index >= 15 is 0 Å². The van der Waals surface area contributed by atoms with E-state index < -0.39 is 0 Å². The van der Waals surface area contributed by atoms with Gasteiger partial charge in [-0.15, -0.1) is 0 Å². The van der Waals surface area contributed by atoms with Crippen LogP contribution in [-0.2, 0) is 0 Å². The highest BCUT2D eigenvalue weighted by Gasteiger charge is 2.14. The average molecular weight is 220 g/mol. The van der Waals surface area contributed by atoms with Gasteiger partial charge in [-0.05, 0) is 63.4 Å². The molecule has 0 aromatic heterocycles. The zero-order valence-corrected chi connectivity index (χ0v) is 11.1. The van der Waals surface area contributed by atoms with Crippen molar-refractivity contribution in [2.24, 2.45) is 5.73 Å². The summed E-state index contributed by atoms with van der Waals surface area (Å²) in [5.74, 6) is 0. The molecule has 0 amide bonds. The minimum atomic E-state index is 0.221. The van der Waals surface area contributed by atoms with Crippen LogP contribution in [0.4, 0.5) is 0 Å². The predicted octanol–water partition coefficient (Wildman–Crippen LogP) is 2.61. The van der Waals surface area contributed by atoms with Gasteiger partial charge in [-0.1, -0.05) is 12.1 Å². The van der Waals surface area contributed by atoms with Crippen LogP contribution in [0.1, 0.15) is 41.6 Å². The van der Waals surface area contributed by atoms with Crippen molar-refractivity contribution < 1.29 is 0 Å². The lowest BCUT2D eigenvalue weighted by molar-refractivity contribution is 0.497. The molecule has 0 bridgehead atoms. The SMILES string of the molecule is CNC(CC(C)N)c1cc(C)c(C)cc1C. The lowest BCUT2D eigenvalue weighted by Crippen LogP contribution is -2.26. The van der Waals surface area contributed by atoms with Crippen LogP contribution in [-0.4, -0.2) is 13.1 Å². The average Bonchev–Trinajstić information content (AvgIpc) is 2.20. The standard InChI is InChI=1S/C14H24N2/c1-9-6-11(3)13(7-10(9)2)14(16-5)8-12(4)15/h6-7,12,14,16H,8,15H2,1-5H3. The molecule has 90 valence electrons. The zero-order chi connectivity index (χ0) is 12.3. The summed E-state index contributed by atoms with van der Waals surface area (Å²) >= 11 is 0. The van der Waals surface area contributed by atoms with E-state index in [0.717, 1.165) is 6.42 Å². The molecule has 2 unspecified atom stereocenters. The molecule has 3 N–H and O–H groups in total. The molecule has 0 spiro atoms. The molecule has 2 heteroatoms. The van der Waals surface area contributed by atoms with Crippen LogP contribution in [0.5, 0.6) is 0 Å². The monoisotopic (exact) mass is 220 g/mol. The van der Waals surface area contributed by atoms with E-state index in [1.807, 2.05) is 7.05 Å². The molecule has 2 nitrogen and oxygen atoms in total. The van der Waals surface area contributed by atoms with Crippen molar-refractivity contribution >= 4 is 0 Å².